The lowest BCUT2D eigenvalue weighted by atomic mass is 10.2. The van der Waals surface area contributed by atoms with Gasteiger partial charge in [-0.25, -0.2) is 13.4 Å². The van der Waals surface area contributed by atoms with E-state index in [0.29, 0.717) is 18.7 Å². The van der Waals surface area contributed by atoms with E-state index in [1.54, 1.807) is 12.1 Å². The lowest BCUT2D eigenvalue weighted by Gasteiger charge is -2.34. The van der Waals surface area contributed by atoms with Gasteiger partial charge in [0.1, 0.15) is 0 Å². The van der Waals surface area contributed by atoms with E-state index in [9.17, 15) is 13.2 Å². The Morgan fingerprint density at radius 3 is 2.44 bits per heavy atom. The molecule has 2 fully saturated rings. The van der Waals surface area contributed by atoms with Crippen molar-refractivity contribution < 1.29 is 22.8 Å². The van der Waals surface area contributed by atoms with Gasteiger partial charge in [0, 0.05) is 18.7 Å². The maximum Gasteiger partial charge on any atom is 0.265 e. The largest absolute Gasteiger partial charge is 0.373 e. The Labute approximate surface area is 161 Å². The maximum atomic E-state index is 13.0. The number of piperazine rings is 1. The molecular formula is C18H29N4O4S+. The second kappa shape index (κ2) is 8.24. The molecule has 2 saturated heterocycles. The first-order valence-corrected chi connectivity index (χ1v) is 10.8. The zero-order chi connectivity index (χ0) is 19.6. The van der Waals surface area contributed by atoms with E-state index in [1.165, 1.54) is 21.3 Å². The summed E-state index contributed by atoms with van der Waals surface area (Å²) in [6.07, 6.45) is -0.316. The molecule has 2 heterocycles. The molecule has 2 atom stereocenters. The number of sulfonamides is 1. The van der Waals surface area contributed by atoms with Crippen LogP contribution in [0, 0.1) is 0 Å². The van der Waals surface area contributed by atoms with Crippen LogP contribution < -0.4 is 10.3 Å². The van der Waals surface area contributed by atoms with Crippen molar-refractivity contribution in [2.24, 2.45) is 0 Å². The average Bonchev–Trinajstić information content (AvgIpc) is 2.63. The number of morpholine rings is 1. The first-order valence-electron chi connectivity index (χ1n) is 9.38. The van der Waals surface area contributed by atoms with Gasteiger partial charge < -0.3 is 9.64 Å². The predicted molar refractivity (Wildman–Crippen MR) is 101 cm³/mol. The van der Waals surface area contributed by atoms with Crippen LogP contribution in [-0.4, -0.2) is 82.2 Å². The van der Waals surface area contributed by atoms with Crippen LogP contribution >= 0.6 is 0 Å². The monoisotopic (exact) mass is 397 g/mol. The summed E-state index contributed by atoms with van der Waals surface area (Å²) in [4.78, 5) is 14.1. The molecule has 0 aliphatic carbocycles. The minimum absolute atomic E-state index is 0.138. The topological polar surface area (TPSA) is 83.4 Å². The normalized spacial score (nSPS) is 26.0. The first-order chi connectivity index (χ1) is 12.8. The number of amides is 1. The molecule has 2 aliphatic rings. The van der Waals surface area contributed by atoms with Gasteiger partial charge in [-0.15, -0.1) is 0 Å². The lowest BCUT2D eigenvalue weighted by molar-refractivity contribution is -0.884. The standard InChI is InChI=1S/C18H28N4O4S/c1-14-12-22(13-15(2)26-14)27(24,25)17-6-4-5-16(11-17)18(23)19-21-9-7-20(3)8-10-21/h4-6,11,14-15H,7-10,12-13H2,1-3H3,(H,19,23)/p+1/t14-,15-/m0/s1. The zero-order valence-corrected chi connectivity index (χ0v) is 17.0. The Balaban J connectivity index is 1.73. The summed E-state index contributed by atoms with van der Waals surface area (Å²) in [6.45, 7) is 7.82. The van der Waals surface area contributed by atoms with Crippen molar-refractivity contribution in [1.29, 1.82) is 0 Å². The van der Waals surface area contributed by atoms with Crippen molar-refractivity contribution in [3.63, 3.8) is 0 Å². The van der Waals surface area contributed by atoms with Gasteiger partial charge >= 0.3 is 0 Å². The molecule has 9 heteroatoms. The van der Waals surface area contributed by atoms with Crippen LogP contribution in [0.4, 0.5) is 0 Å². The molecule has 0 radical (unpaired) electrons. The summed E-state index contributed by atoms with van der Waals surface area (Å²) in [6, 6.07) is 6.25. The van der Waals surface area contributed by atoms with Gasteiger partial charge in [-0.3, -0.25) is 10.2 Å². The molecule has 0 bridgehead atoms. The Morgan fingerprint density at radius 2 is 1.81 bits per heavy atom. The van der Waals surface area contributed by atoms with Crippen molar-refractivity contribution in [1.82, 2.24) is 14.7 Å². The summed E-state index contributed by atoms with van der Waals surface area (Å²) < 4.78 is 33.1. The van der Waals surface area contributed by atoms with Crippen molar-refractivity contribution in [3.8, 4) is 0 Å². The SMILES string of the molecule is C[C@H]1CN(S(=O)(=O)c2cccc(C(=O)NN3CC[NH+](C)CC3)c2)C[C@H](C)O1. The number of ether oxygens (including phenoxy) is 1. The van der Waals surface area contributed by atoms with Crippen molar-refractivity contribution >= 4 is 15.9 Å². The summed E-state index contributed by atoms with van der Waals surface area (Å²) in [5, 5.41) is 1.89. The second-order valence-corrected chi connectivity index (χ2v) is 9.43. The van der Waals surface area contributed by atoms with Crippen LogP contribution in [0.1, 0.15) is 24.2 Å². The molecule has 150 valence electrons. The minimum atomic E-state index is -3.67. The minimum Gasteiger partial charge on any atom is -0.373 e. The number of nitrogens with zero attached hydrogens (tertiary/aromatic N) is 2. The van der Waals surface area contributed by atoms with Gasteiger partial charge in [-0.1, -0.05) is 6.07 Å². The predicted octanol–water partition coefficient (Wildman–Crippen LogP) is -1.04. The number of hydrogen-bond acceptors (Lipinski definition) is 5. The quantitative estimate of drug-likeness (QED) is 0.678. The van der Waals surface area contributed by atoms with E-state index in [-0.39, 0.29) is 23.0 Å². The molecule has 2 N–H and O–H groups in total. The molecule has 1 aromatic rings. The fraction of sp³-hybridized carbons (Fsp3) is 0.611. The Bertz CT molecular complexity index is 767. The number of quaternary nitrogens is 1. The Morgan fingerprint density at radius 1 is 1.19 bits per heavy atom. The van der Waals surface area contributed by atoms with Gasteiger partial charge in [0.25, 0.3) is 5.91 Å². The highest BCUT2D eigenvalue weighted by atomic mass is 32.2. The molecule has 1 aromatic carbocycles. The van der Waals surface area contributed by atoms with Crippen LogP contribution in [0.2, 0.25) is 0 Å². The molecule has 3 rings (SSSR count). The molecule has 0 saturated carbocycles. The second-order valence-electron chi connectivity index (χ2n) is 7.49. The van der Waals surface area contributed by atoms with E-state index in [1.807, 2.05) is 18.9 Å². The smallest absolute Gasteiger partial charge is 0.265 e. The zero-order valence-electron chi connectivity index (χ0n) is 16.1. The van der Waals surface area contributed by atoms with Gasteiger partial charge in [0.2, 0.25) is 10.0 Å². The number of likely N-dealkylation sites (N-methyl/N-ethyl adjacent to an activating group) is 1. The van der Waals surface area contributed by atoms with Crippen LogP contribution in [0.5, 0.6) is 0 Å². The van der Waals surface area contributed by atoms with Crippen LogP contribution in [0.3, 0.4) is 0 Å². The first kappa shape index (κ1) is 20.2. The lowest BCUT2D eigenvalue weighted by Crippen LogP contribution is -3.12. The molecular weight excluding hydrogens is 368 g/mol. The van der Waals surface area contributed by atoms with Gasteiger partial charge in [-0.2, -0.15) is 4.31 Å². The third kappa shape index (κ3) is 4.85. The maximum absolute atomic E-state index is 13.0. The fourth-order valence-electron chi connectivity index (χ4n) is 3.48. The third-order valence-corrected chi connectivity index (χ3v) is 6.82. The van der Waals surface area contributed by atoms with E-state index in [2.05, 4.69) is 12.5 Å². The summed E-state index contributed by atoms with van der Waals surface area (Å²) in [5.74, 6) is -0.282. The number of nitrogens with one attached hydrogen (secondary N) is 2. The molecule has 0 unspecified atom stereocenters. The highest BCUT2D eigenvalue weighted by molar-refractivity contribution is 7.89. The highest BCUT2D eigenvalue weighted by Gasteiger charge is 2.32. The van der Waals surface area contributed by atoms with Crippen LogP contribution in [0.15, 0.2) is 29.2 Å². The van der Waals surface area contributed by atoms with Crippen LogP contribution in [0.25, 0.3) is 0 Å². The van der Waals surface area contributed by atoms with E-state index in [4.69, 9.17) is 4.74 Å². The number of rotatable bonds is 4. The molecule has 8 nitrogen and oxygen atoms in total. The summed E-state index contributed by atoms with van der Waals surface area (Å²) >= 11 is 0. The van der Waals surface area contributed by atoms with E-state index >= 15 is 0 Å². The fourth-order valence-corrected chi connectivity index (χ4v) is 5.12. The van der Waals surface area contributed by atoms with Crippen LogP contribution in [-0.2, 0) is 14.8 Å². The van der Waals surface area contributed by atoms with Crippen molar-refractivity contribution in [2.45, 2.75) is 31.0 Å². The number of hydrogen-bond donors (Lipinski definition) is 2. The number of carbonyl (C=O) groups excluding carboxylic acids is 1. The molecule has 2 aliphatic heterocycles. The molecule has 0 aromatic heterocycles. The Kier molecular flexibility index (Phi) is 6.17. The number of hydrazine groups is 1. The Hall–Kier alpha value is -1.52. The molecule has 0 spiro atoms. The summed E-state index contributed by atoms with van der Waals surface area (Å²) in [7, 11) is -1.54. The van der Waals surface area contributed by atoms with Gasteiger partial charge in [0.05, 0.1) is 50.3 Å². The molecule has 27 heavy (non-hydrogen) atoms. The summed E-state index contributed by atoms with van der Waals surface area (Å²) in [5.41, 5.74) is 3.22. The molecule has 1 amide bonds. The van der Waals surface area contributed by atoms with Crippen molar-refractivity contribution in [3.05, 3.63) is 29.8 Å². The average molecular weight is 398 g/mol. The number of benzene rings is 1. The van der Waals surface area contributed by atoms with Crippen molar-refractivity contribution in [2.75, 3.05) is 46.3 Å². The van der Waals surface area contributed by atoms with E-state index < -0.39 is 10.0 Å². The van der Waals surface area contributed by atoms with Gasteiger partial charge in [0.15, 0.2) is 0 Å². The van der Waals surface area contributed by atoms with Gasteiger partial charge in [-0.05, 0) is 32.0 Å². The number of carbonyl (C=O) groups is 1. The third-order valence-electron chi connectivity index (χ3n) is 5.00. The van der Waals surface area contributed by atoms with E-state index in [0.717, 1.165) is 26.2 Å². The highest BCUT2D eigenvalue weighted by Crippen LogP contribution is 2.22.